The van der Waals surface area contributed by atoms with Crippen molar-refractivity contribution in [2.24, 2.45) is 0 Å². The van der Waals surface area contributed by atoms with E-state index in [-0.39, 0.29) is 10.8 Å². The van der Waals surface area contributed by atoms with E-state index in [0.717, 1.165) is 15.6 Å². The lowest BCUT2D eigenvalue weighted by Gasteiger charge is -2.26. The molecule has 0 unspecified atom stereocenters. The maximum absolute atomic E-state index is 12.8. The molecule has 6 nitrogen and oxygen atoms in total. The Kier molecular flexibility index (Phi) is 5.20. The zero-order valence-electron chi connectivity index (χ0n) is 15.3. The molecule has 1 aliphatic heterocycles. The average Bonchev–Trinajstić information content (AvgIpc) is 3.06. The number of morpholine rings is 1. The molecule has 1 N–H and O–H groups in total. The highest BCUT2D eigenvalue weighted by molar-refractivity contribution is 7.89. The highest BCUT2D eigenvalue weighted by Crippen LogP contribution is 2.31. The molecule has 28 heavy (non-hydrogen) atoms. The van der Waals surface area contributed by atoms with E-state index in [1.165, 1.54) is 21.7 Å². The number of aryl methyl sites for hydroxylation is 1. The van der Waals surface area contributed by atoms with Crippen molar-refractivity contribution >= 4 is 43.0 Å². The number of hydrogen-bond donors (Lipinski definition) is 1. The smallest absolute Gasteiger partial charge is 0.266 e. The molecule has 4 rings (SSSR count). The summed E-state index contributed by atoms with van der Waals surface area (Å²) < 4.78 is 33.3. The highest BCUT2D eigenvalue weighted by atomic mass is 32.2. The highest BCUT2D eigenvalue weighted by Gasteiger charge is 2.26. The van der Waals surface area contributed by atoms with Gasteiger partial charge < -0.3 is 10.1 Å². The standard InChI is InChI=1S/C20H20N2O4S2/c1-14-17-7-2-3-8-18(17)27-19(14)20(23)21-15-5-4-6-16(13-15)28(24,25)22-9-11-26-12-10-22/h2-8,13H,9-12H2,1H3,(H,21,23). The SMILES string of the molecule is Cc1c(C(=O)Nc2cccc(S(=O)(=O)N3CCOCC3)c2)sc2ccccc12. The topological polar surface area (TPSA) is 75.7 Å². The molecule has 0 radical (unpaired) electrons. The predicted molar refractivity (Wildman–Crippen MR) is 111 cm³/mol. The van der Waals surface area contributed by atoms with Gasteiger partial charge in [0.1, 0.15) is 0 Å². The van der Waals surface area contributed by atoms with Gasteiger partial charge in [0.25, 0.3) is 5.91 Å². The Morgan fingerprint density at radius 1 is 1.11 bits per heavy atom. The van der Waals surface area contributed by atoms with Gasteiger partial charge in [-0.2, -0.15) is 4.31 Å². The van der Waals surface area contributed by atoms with E-state index >= 15 is 0 Å². The van der Waals surface area contributed by atoms with Crippen LogP contribution in [-0.4, -0.2) is 44.9 Å². The van der Waals surface area contributed by atoms with E-state index in [9.17, 15) is 13.2 Å². The number of anilines is 1. The molecule has 1 fully saturated rings. The number of amides is 1. The van der Waals surface area contributed by atoms with Gasteiger partial charge in [-0.25, -0.2) is 8.42 Å². The van der Waals surface area contributed by atoms with Crippen LogP contribution in [0.25, 0.3) is 10.1 Å². The summed E-state index contributed by atoms with van der Waals surface area (Å²) in [5, 5.41) is 3.90. The maximum Gasteiger partial charge on any atom is 0.266 e. The Bertz CT molecular complexity index is 1130. The summed E-state index contributed by atoms with van der Waals surface area (Å²) in [6, 6.07) is 14.3. The number of fused-ring (bicyclic) bond motifs is 1. The Morgan fingerprint density at radius 3 is 2.61 bits per heavy atom. The van der Waals surface area contributed by atoms with Crippen molar-refractivity contribution < 1.29 is 17.9 Å². The molecule has 0 saturated carbocycles. The van der Waals surface area contributed by atoms with Crippen molar-refractivity contribution in [3.05, 3.63) is 59.0 Å². The largest absolute Gasteiger partial charge is 0.379 e. The first-order valence-corrected chi connectivity index (χ1v) is 11.2. The molecular weight excluding hydrogens is 396 g/mol. The number of sulfonamides is 1. The number of carbonyl (C=O) groups excluding carboxylic acids is 1. The van der Waals surface area contributed by atoms with Gasteiger partial charge in [-0.1, -0.05) is 24.3 Å². The third-order valence-corrected chi connectivity index (χ3v) is 7.92. The summed E-state index contributed by atoms with van der Waals surface area (Å²) in [6.07, 6.45) is 0. The molecule has 8 heteroatoms. The van der Waals surface area contributed by atoms with Crippen LogP contribution in [0.1, 0.15) is 15.2 Å². The minimum Gasteiger partial charge on any atom is -0.379 e. The van der Waals surface area contributed by atoms with E-state index in [2.05, 4.69) is 5.32 Å². The van der Waals surface area contributed by atoms with Crippen LogP contribution >= 0.6 is 11.3 Å². The molecule has 2 heterocycles. The lowest BCUT2D eigenvalue weighted by molar-refractivity contribution is 0.0730. The number of thiophene rings is 1. The Hall–Kier alpha value is -2.26. The Labute approximate surface area is 167 Å². The van der Waals surface area contributed by atoms with E-state index in [1.54, 1.807) is 18.2 Å². The second-order valence-corrected chi connectivity index (χ2v) is 9.54. The zero-order chi connectivity index (χ0) is 19.7. The number of nitrogens with one attached hydrogen (secondary N) is 1. The quantitative estimate of drug-likeness (QED) is 0.707. The van der Waals surface area contributed by atoms with Gasteiger partial charge in [0.2, 0.25) is 10.0 Å². The molecule has 1 aromatic heterocycles. The molecular formula is C20H20N2O4S2. The third-order valence-electron chi connectivity index (χ3n) is 4.75. The fraction of sp³-hybridized carbons (Fsp3) is 0.250. The number of rotatable bonds is 4. The van der Waals surface area contributed by atoms with Crippen LogP contribution in [0.5, 0.6) is 0 Å². The van der Waals surface area contributed by atoms with Crippen molar-refractivity contribution in [3.8, 4) is 0 Å². The Balaban J connectivity index is 1.59. The molecule has 3 aromatic rings. The van der Waals surface area contributed by atoms with Crippen molar-refractivity contribution in [2.75, 3.05) is 31.6 Å². The maximum atomic E-state index is 12.8. The van der Waals surface area contributed by atoms with E-state index in [0.29, 0.717) is 36.9 Å². The number of benzene rings is 2. The van der Waals surface area contributed by atoms with Crippen molar-refractivity contribution in [2.45, 2.75) is 11.8 Å². The van der Waals surface area contributed by atoms with Crippen molar-refractivity contribution in [1.82, 2.24) is 4.31 Å². The molecule has 146 valence electrons. The summed E-state index contributed by atoms with van der Waals surface area (Å²) >= 11 is 1.43. The molecule has 1 saturated heterocycles. The predicted octanol–water partition coefficient (Wildman–Crippen LogP) is 3.48. The summed E-state index contributed by atoms with van der Waals surface area (Å²) in [5.41, 5.74) is 1.38. The minimum atomic E-state index is -3.61. The summed E-state index contributed by atoms with van der Waals surface area (Å²) in [5.74, 6) is -0.236. The third kappa shape index (κ3) is 3.56. The first-order valence-electron chi connectivity index (χ1n) is 8.94. The fourth-order valence-corrected chi connectivity index (χ4v) is 5.81. The van der Waals surface area contributed by atoms with Crippen molar-refractivity contribution in [1.29, 1.82) is 0 Å². The molecule has 0 atom stereocenters. The van der Waals surface area contributed by atoms with E-state index < -0.39 is 10.0 Å². The number of ether oxygens (including phenoxy) is 1. The second-order valence-electron chi connectivity index (χ2n) is 6.55. The van der Waals surface area contributed by atoms with Crippen LogP contribution in [0.4, 0.5) is 5.69 Å². The van der Waals surface area contributed by atoms with Crippen molar-refractivity contribution in [3.63, 3.8) is 0 Å². The van der Waals surface area contributed by atoms with E-state index in [1.807, 2.05) is 31.2 Å². The normalized spacial score (nSPS) is 15.6. The molecule has 1 amide bonds. The fourth-order valence-electron chi connectivity index (χ4n) is 3.25. The van der Waals surface area contributed by atoms with Crippen LogP contribution < -0.4 is 5.32 Å². The minimum absolute atomic E-state index is 0.167. The van der Waals surface area contributed by atoms with Crippen LogP contribution in [0.3, 0.4) is 0 Å². The number of hydrogen-bond acceptors (Lipinski definition) is 5. The molecule has 0 spiro atoms. The van der Waals surface area contributed by atoms with Gasteiger partial charge in [-0.15, -0.1) is 11.3 Å². The summed E-state index contributed by atoms with van der Waals surface area (Å²) in [7, 11) is -3.61. The van der Waals surface area contributed by atoms with Gasteiger partial charge in [0.15, 0.2) is 0 Å². The van der Waals surface area contributed by atoms with Gasteiger partial charge >= 0.3 is 0 Å². The van der Waals surface area contributed by atoms with Crippen LogP contribution in [0, 0.1) is 6.92 Å². The first kappa shape index (κ1) is 19.1. The van der Waals surface area contributed by atoms with Crippen LogP contribution in [-0.2, 0) is 14.8 Å². The van der Waals surface area contributed by atoms with Gasteiger partial charge in [-0.05, 0) is 42.1 Å². The molecule has 2 aromatic carbocycles. The summed E-state index contributed by atoms with van der Waals surface area (Å²) in [4.78, 5) is 13.6. The molecule has 1 aliphatic rings. The van der Waals surface area contributed by atoms with Gasteiger partial charge in [-0.3, -0.25) is 4.79 Å². The summed E-state index contributed by atoms with van der Waals surface area (Å²) in [6.45, 7) is 3.37. The number of carbonyl (C=O) groups is 1. The monoisotopic (exact) mass is 416 g/mol. The molecule has 0 bridgehead atoms. The van der Waals surface area contributed by atoms with Crippen LogP contribution in [0.15, 0.2) is 53.4 Å². The second kappa shape index (κ2) is 7.63. The lowest BCUT2D eigenvalue weighted by atomic mass is 10.1. The number of nitrogens with zero attached hydrogens (tertiary/aromatic N) is 1. The first-order chi connectivity index (χ1) is 13.5. The Morgan fingerprint density at radius 2 is 1.86 bits per heavy atom. The van der Waals surface area contributed by atoms with Crippen LogP contribution in [0.2, 0.25) is 0 Å². The van der Waals surface area contributed by atoms with Gasteiger partial charge in [0.05, 0.1) is 23.0 Å². The average molecular weight is 417 g/mol. The van der Waals surface area contributed by atoms with E-state index in [4.69, 9.17) is 4.74 Å². The van der Waals surface area contributed by atoms with Gasteiger partial charge in [0, 0.05) is 23.5 Å². The lowest BCUT2D eigenvalue weighted by Crippen LogP contribution is -2.40. The zero-order valence-corrected chi connectivity index (χ0v) is 17.0. The molecule has 0 aliphatic carbocycles.